The Bertz CT molecular complexity index is 1360. The van der Waals surface area contributed by atoms with Gasteiger partial charge in [-0.3, -0.25) is 4.79 Å². The summed E-state index contributed by atoms with van der Waals surface area (Å²) >= 11 is 12.6. The number of allylic oxidation sites excluding steroid dienone is 2. The van der Waals surface area contributed by atoms with Gasteiger partial charge in [-0.25, -0.2) is 0 Å². The molecule has 1 heterocycles. The van der Waals surface area contributed by atoms with E-state index in [-0.39, 0.29) is 28.4 Å². The standard InChI is InChI=1S/C31H37Cl2O5Si.C2H6/c1-29(2,3)39(8)36-16-26-25(37-31(6,7)38-26)15-35-18-9-10-19-21(13-18)30(4,5)22-11-17-12-23(32)24(33)14-20(17)27(22)28(19)34;1-2/h9-10,12-14,25-26H,11,15-16H2,1-8H3;1-2H3/t25-,26-;/m1./s1. The van der Waals surface area contributed by atoms with Crippen LogP contribution in [0.15, 0.2) is 35.9 Å². The molecule has 0 spiro atoms. The van der Waals surface area contributed by atoms with Gasteiger partial charge in [0.2, 0.25) is 9.04 Å². The maximum absolute atomic E-state index is 13.7. The molecule has 0 amide bonds. The van der Waals surface area contributed by atoms with Crippen LogP contribution < -0.4 is 4.74 Å². The maximum Gasteiger partial charge on any atom is 0.213 e. The van der Waals surface area contributed by atoms with Crippen molar-refractivity contribution in [3.63, 3.8) is 0 Å². The van der Waals surface area contributed by atoms with Crippen molar-refractivity contribution in [1.82, 2.24) is 0 Å². The zero-order valence-corrected chi connectivity index (χ0v) is 28.5. The Hall–Kier alpha value is -1.67. The summed E-state index contributed by atoms with van der Waals surface area (Å²) < 4.78 is 24.9. The van der Waals surface area contributed by atoms with Crippen LogP contribution >= 0.6 is 23.2 Å². The highest BCUT2D eigenvalue weighted by molar-refractivity contribution is 6.53. The van der Waals surface area contributed by atoms with Gasteiger partial charge >= 0.3 is 0 Å². The van der Waals surface area contributed by atoms with Gasteiger partial charge in [-0.1, -0.05) is 71.7 Å². The van der Waals surface area contributed by atoms with Crippen LogP contribution in [0.5, 0.6) is 5.75 Å². The molecule has 1 aliphatic heterocycles. The molecule has 0 unspecified atom stereocenters. The van der Waals surface area contributed by atoms with Gasteiger partial charge in [-0.05, 0) is 84.4 Å². The highest BCUT2D eigenvalue weighted by Crippen LogP contribution is 2.51. The number of hydrogen-bond donors (Lipinski definition) is 0. The zero-order valence-electron chi connectivity index (χ0n) is 26.0. The van der Waals surface area contributed by atoms with Crippen molar-refractivity contribution < 1.29 is 23.4 Å². The number of halogens is 2. The number of Topliss-reactive ketones (excluding diaryl/α,β-unsaturated/α-hetero) is 1. The van der Waals surface area contributed by atoms with Crippen LogP contribution in [-0.4, -0.2) is 46.0 Å². The molecule has 1 saturated heterocycles. The van der Waals surface area contributed by atoms with Gasteiger partial charge in [0.25, 0.3) is 0 Å². The summed E-state index contributed by atoms with van der Waals surface area (Å²) in [7, 11) is -1.01. The van der Waals surface area contributed by atoms with Crippen molar-refractivity contribution >= 4 is 43.6 Å². The van der Waals surface area contributed by atoms with Crippen molar-refractivity contribution in [3.8, 4) is 5.75 Å². The average Bonchev–Trinajstić information content (AvgIpc) is 3.42. The predicted molar refractivity (Wildman–Crippen MR) is 169 cm³/mol. The van der Waals surface area contributed by atoms with Crippen molar-refractivity contribution in [2.45, 2.75) is 104 Å². The number of carbonyl (C=O) groups is 1. The third-order valence-corrected chi connectivity index (χ3v) is 11.6. The lowest BCUT2D eigenvalue weighted by molar-refractivity contribution is -0.150. The molecule has 0 N–H and O–H groups in total. The molecule has 5 nitrogen and oxygen atoms in total. The number of ketones is 1. The van der Waals surface area contributed by atoms with Gasteiger partial charge in [0.1, 0.15) is 24.6 Å². The predicted octanol–water partition coefficient (Wildman–Crippen LogP) is 8.84. The van der Waals surface area contributed by atoms with Crippen LogP contribution in [-0.2, 0) is 25.7 Å². The van der Waals surface area contributed by atoms with Gasteiger partial charge < -0.3 is 18.6 Å². The summed E-state index contributed by atoms with van der Waals surface area (Å²) in [5.74, 6) is 0.00890. The summed E-state index contributed by atoms with van der Waals surface area (Å²) in [6.45, 7) is 21.7. The Morgan fingerprint density at radius 2 is 1.56 bits per heavy atom. The Kier molecular flexibility index (Phi) is 9.27. The van der Waals surface area contributed by atoms with E-state index in [0.717, 1.165) is 27.8 Å². The second-order valence-electron chi connectivity index (χ2n) is 12.8. The minimum atomic E-state index is -1.01. The number of fused-ring (bicyclic) bond motifs is 3. The molecule has 1 radical (unpaired) electrons. The third kappa shape index (κ3) is 6.34. The summed E-state index contributed by atoms with van der Waals surface area (Å²) in [5.41, 5.74) is 5.06. The van der Waals surface area contributed by atoms with E-state index in [9.17, 15) is 4.79 Å². The Balaban J connectivity index is 0.00000189. The number of rotatable bonds is 6. The average molecular weight is 619 g/mol. The molecule has 2 aromatic carbocycles. The van der Waals surface area contributed by atoms with E-state index < -0.39 is 14.8 Å². The lowest BCUT2D eigenvalue weighted by Gasteiger charge is -2.34. The fourth-order valence-electron chi connectivity index (χ4n) is 5.62. The van der Waals surface area contributed by atoms with Crippen molar-refractivity contribution in [1.29, 1.82) is 0 Å². The Morgan fingerprint density at radius 1 is 0.951 bits per heavy atom. The summed E-state index contributed by atoms with van der Waals surface area (Å²) in [4.78, 5) is 13.7. The minimum Gasteiger partial charge on any atom is -0.491 e. The van der Waals surface area contributed by atoms with Crippen molar-refractivity contribution in [2.75, 3.05) is 13.2 Å². The number of ether oxygens (including phenoxy) is 3. The van der Waals surface area contributed by atoms with Crippen LogP contribution in [0.1, 0.15) is 89.4 Å². The second kappa shape index (κ2) is 11.8. The third-order valence-electron chi connectivity index (χ3n) is 8.19. The first-order valence-electron chi connectivity index (χ1n) is 14.4. The van der Waals surface area contributed by atoms with Gasteiger partial charge in [-0.15, -0.1) is 0 Å². The first-order chi connectivity index (χ1) is 19.1. The number of hydrogen-bond acceptors (Lipinski definition) is 5. The molecule has 41 heavy (non-hydrogen) atoms. The van der Waals surface area contributed by atoms with Gasteiger partial charge in [0.05, 0.1) is 16.7 Å². The Morgan fingerprint density at radius 3 is 2.20 bits per heavy atom. The largest absolute Gasteiger partial charge is 0.491 e. The molecule has 223 valence electrons. The molecule has 5 rings (SSSR count). The van der Waals surface area contributed by atoms with E-state index in [0.29, 0.717) is 41.0 Å². The van der Waals surface area contributed by atoms with Gasteiger partial charge in [0.15, 0.2) is 11.6 Å². The fraction of sp³-hybridized carbons (Fsp3) is 0.545. The van der Waals surface area contributed by atoms with E-state index in [1.807, 2.05) is 58.0 Å². The Labute approximate surface area is 257 Å². The number of carbonyl (C=O) groups excluding carboxylic acids is 1. The zero-order chi connectivity index (χ0) is 30.5. The molecule has 2 aliphatic carbocycles. The van der Waals surface area contributed by atoms with Crippen molar-refractivity contribution in [2.24, 2.45) is 0 Å². The van der Waals surface area contributed by atoms with Crippen molar-refractivity contribution in [3.05, 3.63) is 68.2 Å². The van der Waals surface area contributed by atoms with E-state index in [1.165, 1.54) is 0 Å². The van der Waals surface area contributed by atoms with E-state index >= 15 is 0 Å². The molecule has 1 fully saturated rings. The molecule has 2 atom stereocenters. The molecule has 2 aromatic rings. The summed E-state index contributed by atoms with van der Waals surface area (Å²) in [6.07, 6.45) is 0.180. The van der Waals surface area contributed by atoms with Crippen LogP contribution in [0.4, 0.5) is 0 Å². The van der Waals surface area contributed by atoms with Crippen LogP contribution in [0.2, 0.25) is 21.6 Å². The molecular weight excluding hydrogens is 575 g/mol. The quantitative estimate of drug-likeness (QED) is 0.303. The highest BCUT2D eigenvalue weighted by atomic mass is 35.5. The van der Waals surface area contributed by atoms with Gasteiger partial charge in [0, 0.05) is 16.6 Å². The van der Waals surface area contributed by atoms with Crippen LogP contribution in [0.25, 0.3) is 5.57 Å². The SMILES string of the molecule is CC.C[Si](OC[C@H]1OC(C)(C)O[C@@H]1COc1ccc2c(c1)C(C)(C)C1=C(C2=O)c2cc(Cl)c(Cl)cc2C1)C(C)(C)C. The smallest absolute Gasteiger partial charge is 0.213 e. The van der Waals surface area contributed by atoms with E-state index in [2.05, 4.69) is 41.2 Å². The van der Waals surface area contributed by atoms with E-state index in [4.69, 9.17) is 41.8 Å². The number of benzene rings is 2. The van der Waals surface area contributed by atoms with E-state index in [1.54, 1.807) is 0 Å². The molecular formula is C33H43Cl2O5Si. The maximum atomic E-state index is 13.7. The molecule has 3 aliphatic rings. The van der Waals surface area contributed by atoms with Gasteiger partial charge in [-0.2, -0.15) is 0 Å². The topological polar surface area (TPSA) is 54.0 Å². The summed E-state index contributed by atoms with van der Waals surface area (Å²) in [5, 5.41) is 1.10. The highest BCUT2D eigenvalue weighted by Gasteiger charge is 2.44. The molecule has 0 saturated carbocycles. The monoisotopic (exact) mass is 617 g/mol. The minimum absolute atomic E-state index is 0.0190. The fourth-order valence-corrected chi connectivity index (χ4v) is 6.82. The normalized spacial score (nSPS) is 22.2. The molecule has 0 aromatic heterocycles. The first kappa shape index (κ1) is 32.2. The summed E-state index contributed by atoms with van der Waals surface area (Å²) in [6, 6.07) is 9.45. The molecule has 8 heteroatoms. The first-order valence-corrected chi connectivity index (χ1v) is 17.1. The lowest BCUT2D eigenvalue weighted by Crippen LogP contribution is -2.36. The lowest BCUT2D eigenvalue weighted by atomic mass is 9.68. The molecule has 0 bridgehead atoms. The van der Waals surface area contributed by atoms with Crippen LogP contribution in [0.3, 0.4) is 0 Å². The second-order valence-corrected chi connectivity index (χ2v) is 16.5. The van der Waals surface area contributed by atoms with Crippen LogP contribution in [0, 0.1) is 0 Å².